The first-order chi connectivity index (χ1) is 6.69. The zero-order valence-electron chi connectivity index (χ0n) is 8.62. The van der Waals surface area contributed by atoms with Crippen LogP contribution in [-0.2, 0) is 4.74 Å². The highest BCUT2D eigenvalue weighted by Gasteiger charge is 2.28. The van der Waals surface area contributed by atoms with Crippen LogP contribution in [0.25, 0.3) is 0 Å². The third-order valence-electron chi connectivity index (χ3n) is 2.57. The predicted octanol–water partition coefficient (Wildman–Crippen LogP) is 1.60. The smallest absolute Gasteiger partial charge is 0.409 e. The third-order valence-corrected chi connectivity index (χ3v) is 2.85. The summed E-state index contributed by atoms with van der Waals surface area (Å²) < 4.78 is 4.93. The Bertz CT molecular complexity index is 201. The Balaban J connectivity index is 2.41. The van der Waals surface area contributed by atoms with Crippen molar-refractivity contribution in [3.05, 3.63) is 0 Å². The van der Waals surface area contributed by atoms with Gasteiger partial charge in [0.15, 0.2) is 0 Å². The SMILES string of the molecule is CCOC(=O)N1CC[C@@H](NCl)[C@@H](C)C1. The van der Waals surface area contributed by atoms with Gasteiger partial charge in [-0.1, -0.05) is 6.92 Å². The topological polar surface area (TPSA) is 41.6 Å². The summed E-state index contributed by atoms with van der Waals surface area (Å²) in [6.07, 6.45) is 0.663. The predicted molar refractivity (Wildman–Crippen MR) is 55.2 cm³/mol. The molecule has 0 radical (unpaired) electrons. The van der Waals surface area contributed by atoms with Crippen molar-refractivity contribution in [1.82, 2.24) is 9.74 Å². The van der Waals surface area contributed by atoms with Gasteiger partial charge >= 0.3 is 6.09 Å². The zero-order valence-corrected chi connectivity index (χ0v) is 9.38. The summed E-state index contributed by atoms with van der Waals surface area (Å²) in [5.74, 6) is 0.366. The average Bonchev–Trinajstić information content (AvgIpc) is 2.18. The lowest BCUT2D eigenvalue weighted by molar-refractivity contribution is 0.0847. The Kier molecular flexibility index (Phi) is 4.48. The molecule has 0 aromatic heterocycles. The number of hydrogen-bond donors (Lipinski definition) is 1. The largest absolute Gasteiger partial charge is 0.450 e. The minimum atomic E-state index is -0.215. The van der Waals surface area contributed by atoms with Gasteiger partial charge in [0.2, 0.25) is 0 Å². The summed E-state index contributed by atoms with van der Waals surface area (Å²) in [7, 11) is 0. The van der Waals surface area contributed by atoms with E-state index in [0.717, 1.165) is 6.42 Å². The molecule has 0 aromatic rings. The molecular formula is C9H17ClN2O2. The second-order valence-corrected chi connectivity index (χ2v) is 3.84. The molecule has 1 heterocycles. The Morgan fingerprint density at radius 1 is 1.71 bits per heavy atom. The molecule has 1 aliphatic heterocycles. The molecule has 0 unspecified atom stereocenters. The molecular weight excluding hydrogens is 204 g/mol. The molecule has 2 atom stereocenters. The summed E-state index contributed by atoms with van der Waals surface area (Å²) in [5, 5.41) is 0. The van der Waals surface area contributed by atoms with E-state index < -0.39 is 0 Å². The number of amides is 1. The molecule has 0 saturated carbocycles. The van der Waals surface area contributed by atoms with Crippen molar-refractivity contribution in [2.75, 3.05) is 19.7 Å². The highest BCUT2D eigenvalue weighted by atomic mass is 35.5. The summed E-state index contributed by atoms with van der Waals surface area (Å²) in [5.41, 5.74) is 0. The van der Waals surface area contributed by atoms with E-state index in [4.69, 9.17) is 16.5 Å². The van der Waals surface area contributed by atoms with Crippen molar-refractivity contribution in [3.8, 4) is 0 Å². The van der Waals surface area contributed by atoms with Crippen LogP contribution in [0, 0.1) is 5.92 Å². The molecule has 0 aliphatic carbocycles. The van der Waals surface area contributed by atoms with E-state index in [9.17, 15) is 4.79 Å². The van der Waals surface area contributed by atoms with E-state index >= 15 is 0 Å². The molecule has 0 bridgehead atoms. The van der Waals surface area contributed by atoms with Crippen molar-refractivity contribution in [1.29, 1.82) is 0 Å². The first-order valence-electron chi connectivity index (χ1n) is 4.96. The standard InChI is InChI=1S/C9H17ClN2O2/c1-3-14-9(13)12-5-4-8(11-10)7(2)6-12/h7-8,11H,3-6H2,1-2H3/t7-,8+/m0/s1. The maximum Gasteiger partial charge on any atom is 0.409 e. The fourth-order valence-corrected chi connectivity index (χ4v) is 2.01. The summed E-state index contributed by atoms with van der Waals surface area (Å²) >= 11 is 5.58. The summed E-state index contributed by atoms with van der Waals surface area (Å²) in [6, 6.07) is 0.294. The molecule has 82 valence electrons. The van der Waals surface area contributed by atoms with Crippen LogP contribution in [0.4, 0.5) is 4.79 Å². The number of hydrogen-bond acceptors (Lipinski definition) is 3. The highest BCUT2D eigenvalue weighted by molar-refractivity contribution is 6.13. The normalized spacial score (nSPS) is 27.5. The number of likely N-dealkylation sites (tertiary alicyclic amines) is 1. The maximum absolute atomic E-state index is 11.4. The highest BCUT2D eigenvalue weighted by Crippen LogP contribution is 2.17. The number of piperidine rings is 1. The van der Waals surface area contributed by atoms with Gasteiger partial charge in [-0.3, -0.25) is 0 Å². The van der Waals surface area contributed by atoms with Gasteiger partial charge in [-0.15, -0.1) is 0 Å². The molecule has 0 spiro atoms. The van der Waals surface area contributed by atoms with Gasteiger partial charge in [-0.05, 0) is 31.0 Å². The minimum absolute atomic E-state index is 0.215. The van der Waals surface area contributed by atoms with Gasteiger partial charge < -0.3 is 9.64 Å². The van der Waals surface area contributed by atoms with Gasteiger partial charge in [0, 0.05) is 19.1 Å². The van der Waals surface area contributed by atoms with E-state index in [1.165, 1.54) is 0 Å². The Morgan fingerprint density at radius 3 is 2.93 bits per heavy atom. The fraction of sp³-hybridized carbons (Fsp3) is 0.889. The lowest BCUT2D eigenvalue weighted by atomic mass is 9.95. The van der Waals surface area contributed by atoms with Crippen molar-refractivity contribution in [2.24, 2.45) is 5.92 Å². The lowest BCUT2D eigenvalue weighted by Gasteiger charge is -2.35. The summed E-state index contributed by atoms with van der Waals surface area (Å²) in [6.45, 7) is 5.75. The Hall–Kier alpha value is -0.480. The van der Waals surface area contributed by atoms with Crippen LogP contribution in [0.1, 0.15) is 20.3 Å². The third kappa shape index (κ3) is 2.75. The molecule has 5 heteroatoms. The number of carbonyl (C=O) groups excluding carboxylic acids is 1. The van der Waals surface area contributed by atoms with E-state index in [-0.39, 0.29) is 6.09 Å². The molecule has 0 aromatic carbocycles. The minimum Gasteiger partial charge on any atom is -0.450 e. The Morgan fingerprint density at radius 2 is 2.43 bits per heavy atom. The first-order valence-corrected chi connectivity index (χ1v) is 5.34. The quantitative estimate of drug-likeness (QED) is 0.719. The molecule has 1 aliphatic rings. The van der Waals surface area contributed by atoms with Crippen molar-refractivity contribution >= 4 is 17.9 Å². The van der Waals surface area contributed by atoms with Crippen LogP contribution in [0.3, 0.4) is 0 Å². The zero-order chi connectivity index (χ0) is 10.6. The number of rotatable bonds is 2. The van der Waals surface area contributed by atoms with Crippen LogP contribution in [-0.4, -0.2) is 36.7 Å². The molecule has 1 N–H and O–H groups in total. The van der Waals surface area contributed by atoms with Crippen LogP contribution in [0.2, 0.25) is 0 Å². The van der Waals surface area contributed by atoms with E-state index in [0.29, 0.717) is 31.7 Å². The van der Waals surface area contributed by atoms with Crippen LogP contribution >= 0.6 is 11.8 Å². The Labute approximate surface area is 89.7 Å². The van der Waals surface area contributed by atoms with Gasteiger partial charge in [-0.25, -0.2) is 9.63 Å². The molecule has 1 saturated heterocycles. The number of nitrogens with one attached hydrogen (secondary N) is 1. The van der Waals surface area contributed by atoms with Gasteiger partial charge in [0.05, 0.1) is 6.61 Å². The monoisotopic (exact) mass is 220 g/mol. The second-order valence-electron chi connectivity index (χ2n) is 3.63. The van der Waals surface area contributed by atoms with Gasteiger partial charge in [-0.2, -0.15) is 0 Å². The number of ether oxygens (including phenoxy) is 1. The maximum atomic E-state index is 11.4. The second kappa shape index (κ2) is 5.41. The number of nitrogens with zero attached hydrogens (tertiary/aromatic N) is 1. The van der Waals surface area contributed by atoms with Crippen LogP contribution < -0.4 is 4.84 Å². The molecule has 1 rings (SSSR count). The number of halogens is 1. The number of carbonyl (C=O) groups is 1. The van der Waals surface area contributed by atoms with E-state index in [1.54, 1.807) is 4.90 Å². The fourth-order valence-electron chi connectivity index (χ4n) is 1.69. The average molecular weight is 221 g/mol. The summed E-state index contributed by atoms with van der Waals surface area (Å²) in [4.78, 5) is 15.9. The van der Waals surface area contributed by atoms with Crippen LogP contribution in [0.5, 0.6) is 0 Å². The van der Waals surface area contributed by atoms with Gasteiger partial charge in [0.25, 0.3) is 0 Å². The van der Waals surface area contributed by atoms with Crippen molar-refractivity contribution < 1.29 is 9.53 Å². The van der Waals surface area contributed by atoms with E-state index in [2.05, 4.69) is 11.8 Å². The molecule has 1 amide bonds. The first kappa shape index (κ1) is 11.6. The lowest BCUT2D eigenvalue weighted by Crippen LogP contribution is -2.48. The van der Waals surface area contributed by atoms with Gasteiger partial charge in [0.1, 0.15) is 0 Å². The van der Waals surface area contributed by atoms with E-state index in [1.807, 2.05) is 6.92 Å². The molecule has 4 nitrogen and oxygen atoms in total. The van der Waals surface area contributed by atoms with Crippen molar-refractivity contribution in [2.45, 2.75) is 26.3 Å². The van der Waals surface area contributed by atoms with Crippen LogP contribution in [0.15, 0.2) is 0 Å². The molecule has 14 heavy (non-hydrogen) atoms. The molecule has 1 fully saturated rings. The van der Waals surface area contributed by atoms with Crippen molar-refractivity contribution in [3.63, 3.8) is 0 Å².